The maximum absolute atomic E-state index is 14.7. The SMILES string of the molecule is COc1ccc2c(O[C@@H]3C[C@H]4C(=O)N[C@]5(C(=O)NS(=O)(=O)C6CC6)C[C@H]5/C=C\CC[C@H](C)C[C@@H](C)[C@H](NC(=O)OC(C)(C)C(F)(F)F)C(=O)N4C3)ncc(OC)c2c1. The van der Waals surface area contributed by atoms with Crippen molar-refractivity contribution in [1.29, 1.82) is 0 Å². The lowest BCUT2D eigenvalue weighted by Crippen LogP contribution is -2.59. The zero-order chi connectivity index (χ0) is 42.4. The van der Waals surface area contributed by atoms with Crippen LogP contribution in [0.2, 0.25) is 0 Å². The molecule has 4 amide bonds. The van der Waals surface area contributed by atoms with Crippen molar-refractivity contribution in [1.82, 2.24) is 25.2 Å². The van der Waals surface area contributed by atoms with Gasteiger partial charge in [0, 0.05) is 23.1 Å². The van der Waals surface area contributed by atoms with Crippen LogP contribution in [0, 0.1) is 17.8 Å². The van der Waals surface area contributed by atoms with Gasteiger partial charge in [0.1, 0.15) is 35.2 Å². The first-order valence-corrected chi connectivity index (χ1v) is 20.8. The minimum Gasteiger partial charge on any atom is -0.497 e. The van der Waals surface area contributed by atoms with Crippen LogP contribution in [0.25, 0.3) is 10.8 Å². The number of alkyl carbamates (subject to hydrolysis) is 1. The molecule has 0 bridgehead atoms. The molecule has 2 aromatic rings. The minimum absolute atomic E-state index is 0.0428. The van der Waals surface area contributed by atoms with E-state index in [4.69, 9.17) is 18.9 Å². The highest BCUT2D eigenvalue weighted by atomic mass is 32.2. The summed E-state index contributed by atoms with van der Waals surface area (Å²) in [4.78, 5) is 61.7. The Balaban J connectivity index is 1.36. The number of fused-ring (bicyclic) bond motifs is 3. The highest BCUT2D eigenvalue weighted by Crippen LogP contribution is 2.46. The van der Waals surface area contributed by atoms with Gasteiger partial charge in [-0.05, 0) is 82.4 Å². The van der Waals surface area contributed by atoms with Gasteiger partial charge in [-0.2, -0.15) is 13.2 Å². The molecular weight excluding hydrogens is 788 g/mol. The number of benzene rings is 1. The van der Waals surface area contributed by atoms with Crippen LogP contribution in [0.3, 0.4) is 0 Å². The first-order valence-electron chi connectivity index (χ1n) is 19.3. The van der Waals surface area contributed by atoms with E-state index in [1.54, 1.807) is 31.2 Å². The Labute approximate surface area is 334 Å². The zero-order valence-electron chi connectivity index (χ0n) is 33.2. The van der Waals surface area contributed by atoms with E-state index >= 15 is 0 Å². The highest BCUT2D eigenvalue weighted by molar-refractivity contribution is 7.91. The number of nitrogens with one attached hydrogen (secondary N) is 3. The molecule has 3 N–H and O–H groups in total. The van der Waals surface area contributed by atoms with Gasteiger partial charge >= 0.3 is 12.3 Å². The van der Waals surface area contributed by atoms with Gasteiger partial charge in [-0.25, -0.2) is 18.2 Å². The largest absolute Gasteiger partial charge is 0.497 e. The second kappa shape index (κ2) is 16.1. The maximum atomic E-state index is 14.7. The van der Waals surface area contributed by atoms with Gasteiger partial charge in [0.25, 0.3) is 5.91 Å². The fourth-order valence-corrected chi connectivity index (χ4v) is 9.02. The molecule has 0 spiro atoms. The molecule has 3 fully saturated rings. The summed E-state index contributed by atoms with van der Waals surface area (Å²) in [6, 6.07) is 2.35. The highest BCUT2D eigenvalue weighted by Gasteiger charge is 2.62. The number of pyridine rings is 1. The predicted octanol–water partition coefficient (Wildman–Crippen LogP) is 4.53. The van der Waals surface area contributed by atoms with Crippen LogP contribution < -0.4 is 29.6 Å². The number of hydrogen-bond acceptors (Lipinski definition) is 11. The van der Waals surface area contributed by atoms with Gasteiger partial charge in [-0.15, -0.1) is 0 Å². The van der Waals surface area contributed by atoms with Crippen molar-refractivity contribution in [2.45, 2.75) is 113 Å². The number of halogens is 3. The third kappa shape index (κ3) is 8.93. The number of aromatic nitrogens is 1. The number of methoxy groups -OCH3 is 2. The normalized spacial score (nSPS) is 28.8. The quantitative estimate of drug-likeness (QED) is 0.301. The summed E-state index contributed by atoms with van der Waals surface area (Å²) in [5.74, 6) is -2.61. The summed E-state index contributed by atoms with van der Waals surface area (Å²) in [5, 5.41) is 5.57. The molecule has 0 unspecified atom stereocenters. The van der Waals surface area contributed by atoms with Crippen molar-refractivity contribution in [2.24, 2.45) is 17.8 Å². The second-order valence-electron chi connectivity index (χ2n) is 16.3. The molecule has 3 heterocycles. The fraction of sp³-hybridized carbons (Fsp3) is 0.615. The molecule has 2 saturated carbocycles. The number of alkyl halides is 3. The Kier molecular flexibility index (Phi) is 11.9. The van der Waals surface area contributed by atoms with Gasteiger partial charge in [-0.3, -0.25) is 19.1 Å². The topological polar surface area (TPSA) is 192 Å². The summed E-state index contributed by atoms with van der Waals surface area (Å²) in [6.07, 6.45) is 0.0722. The lowest BCUT2D eigenvalue weighted by atomic mass is 9.88. The number of rotatable bonds is 9. The van der Waals surface area contributed by atoms with Crippen molar-refractivity contribution in [3.05, 3.63) is 36.5 Å². The average molecular weight is 838 g/mol. The molecular formula is C39H50F3N5O10S. The van der Waals surface area contributed by atoms with Gasteiger partial charge in [0.2, 0.25) is 33.3 Å². The first kappa shape index (κ1) is 42.8. The minimum atomic E-state index is -4.92. The van der Waals surface area contributed by atoms with Gasteiger partial charge in [0.15, 0.2) is 0 Å². The molecule has 6 rings (SSSR count). The molecule has 15 nitrogen and oxygen atoms in total. The van der Waals surface area contributed by atoms with Crippen LogP contribution in [0.5, 0.6) is 17.4 Å². The van der Waals surface area contributed by atoms with Crippen LogP contribution in [-0.4, -0.2) is 104 Å². The summed E-state index contributed by atoms with van der Waals surface area (Å²) in [7, 11) is -1.00. The van der Waals surface area contributed by atoms with Gasteiger partial charge < -0.3 is 34.5 Å². The molecule has 19 heteroatoms. The molecule has 1 aromatic heterocycles. The Morgan fingerprint density at radius 2 is 1.76 bits per heavy atom. The molecule has 318 valence electrons. The van der Waals surface area contributed by atoms with Crippen molar-refractivity contribution < 1.29 is 59.7 Å². The first-order chi connectivity index (χ1) is 27.2. The molecule has 2 aliphatic carbocycles. The Hall–Kier alpha value is -4.81. The zero-order valence-corrected chi connectivity index (χ0v) is 34.0. The van der Waals surface area contributed by atoms with Crippen molar-refractivity contribution >= 4 is 44.6 Å². The number of nitrogens with zero attached hydrogens (tertiary/aromatic N) is 2. The van der Waals surface area contributed by atoms with E-state index in [9.17, 15) is 40.8 Å². The van der Waals surface area contributed by atoms with Crippen molar-refractivity contribution in [3.63, 3.8) is 0 Å². The summed E-state index contributed by atoms with van der Waals surface area (Å²) >= 11 is 0. The van der Waals surface area contributed by atoms with E-state index in [1.807, 2.05) is 13.0 Å². The maximum Gasteiger partial charge on any atom is 0.427 e. The number of allylic oxidation sites excluding steroid dienone is 1. The van der Waals surface area contributed by atoms with E-state index < -0.39 is 86.4 Å². The lowest BCUT2D eigenvalue weighted by Gasteiger charge is -2.34. The molecule has 58 heavy (non-hydrogen) atoms. The molecule has 1 aromatic carbocycles. The van der Waals surface area contributed by atoms with E-state index in [1.165, 1.54) is 25.3 Å². The van der Waals surface area contributed by atoms with Gasteiger partial charge in [0.05, 0.1) is 32.2 Å². The number of sulfonamides is 1. The Morgan fingerprint density at radius 3 is 2.41 bits per heavy atom. The number of amides is 4. The molecule has 4 aliphatic rings. The summed E-state index contributed by atoms with van der Waals surface area (Å²) in [6.45, 7) is 4.75. The van der Waals surface area contributed by atoms with E-state index in [0.29, 0.717) is 68.2 Å². The Bertz CT molecular complexity index is 2080. The van der Waals surface area contributed by atoms with Crippen LogP contribution in [0.1, 0.15) is 72.6 Å². The third-order valence-electron chi connectivity index (χ3n) is 11.4. The smallest absolute Gasteiger partial charge is 0.427 e. The van der Waals surface area contributed by atoms with Crippen LogP contribution >= 0.6 is 0 Å². The van der Waals surface area contributed by atoms with Crippen LogP contribution in [0.4, 0.5) is 18.0 Å². The van der Waals surface area contributed by atoms with E-state index in [-0.39, 0.29) is 31.2 Å². The average Bonchev–Trinajstić information content (AvgIpc) is 4.08. The molecule has 1 saturated heterocycles. The lowest BCUT2D eigenvalue weighted by molar-refractivity contribution is -0.244. The number of ether oxygens (including phenoxy) is 4. The standard InChI is InChI=1S/C39H50F3N5O10S/c1-21-9-7-8-10-23-18-38(23,35(50)46-58(52,53)26-12-13-26)45-32(48)29-17-25(56-33-27-14-11-24(54-5)16-28(27)30(55-6)19-43-33)20-47(29)34(49)31(22(2)15-21)44-36(51)57-37(3,4)39(40,41)42/h8,10-11,14,16,19,21-23,25-26,29,31H,7,9,12-13,15,17-18,20H2,1-6H3,(H,44,51)(H,45,48)(H,46,50)/b10-8-/t21-,22+,23+,25+,29-,31-,38+/m0/s1. The number of hydrogen-bond donors (Lipinski definition) is 3. The predicted molar refractivity (Wildman–Crippen MR) is 203 cm³/mol. The molecule has 7 atom stereocenters. The third-order valence-corrected chi connectivity index (χ3v) is 13.3. The number of carbonyl (C=O) groups excluding carboxylic acids is 4. The van der Waals surface area contributed by atoms with Crippen LogP contribution in [0.15, 0.2) is 36.5 Å². The van der Waals surface area contributed by atoms with E-state index in [0.717, 1.165) is 0 Å². The van der Waals surface area contributed by atoms with Crippen molar-refractivity contribution in [2.75, 3.05) is 20.8 Å². The Morgan fingerprint density at radius 1 is 1.03 bits per heavy atom. The van der Waals surface area contributed by atoms with E-state index in [2.05, 4.69) is 20.3 Å². The van der Waals surface area contributed by atoms with Crippen LogP contribution in [-0.2, 0) is 29.1 Å². The second-order valence-corrected chi connectivity index (χ2v) is 18.3. The molecule has 2 aliphatic heterocycles. The summed E-state index contributed by atoms with van der Waals surface area (Å²) < 4.78 is 91.2. The fourth-order valence-electron chi connectivity index (χ4n) is 7.66. The number of carbonyl (C=O) groups is 4. The van der Waals surface area contributed by atoms with Gasteiger partial charge in [-0.1, -0.05) is 26.0 Å². The van der Waals surface area contributed by atoms with Crippen molar-refractivity contribution in [3.8, 4) is 17.4 Å². The monoisotopic (exact) mass is 837 g/mol. The molecule has 0 radical (unpaired) electrons. The summed E-state index contributed by atoms with van der Waals surface area (Å²) in [5.41, 5.74) is -4.53.